The van der Waals surface area contributed by atoms with Gasteiger partial charge in [-0.1, -0.05) is 129 Å². The van der Waals surface area contributed by atoms with Gasteiger partial charge in [0.25, 0.3) is 0 Å². The zero-order valence-electron chi connectivity index (χ0n) is 35.6. The molecule has 0 amide bonds. The number of para-hydroxylation sites is 2. The second-order valence-electron chi connectivity index (χ2n) is 14.9. The molecule has 4 aromatic heterocycles. The van der Waals surface area contributed by atoms with Crippen molar-refractivity contribution in [1.82, 2.24) is 9.97 Å². The average Bonchev–Trinajstić information content (AvgIpc) is 3.85. The first-order valence-corrected chi connectivity index (χ1v) is 19.4. The number of fused-ring (bicyclic) bond motifs is 6. The van der Waals surface area contributed by atoms with Crippen molar-refractivity contribution in [2.75, 3.05) is 0 Å². The summed E-state index contributed by atoms with van der Waals surface area (Å²) in [6, 6.07) is 53.1. The van der Waals surface area contributed by atoms with E-state index in [-0.39, 0.29) is 25.7 Å². The molecular formula is C53H42IrN2O2-2. The SMILES string of the molecule is CC(C)c1cccc(C(C)C)c1-c1ccnc(-c2[c-]ccc3c2oc2ccccc23)c1.[2H]C([2H])([2H])c1ccc(-c2[c-]cc(-c3cccc4oc5ccccc5c34)cc2)nc1.[Ir]. The smallest absolute Gasteiger partial charge is 0.135 e. The van der Waals surface area contributed by atoms with Crippen LogP contribution in [0.15, 0.2) is 161 Å². The maximum absolute atomic E-state index is 7.46. The zero-order chi connectivity index (χ0) is 41.5. The summed E-state index contributed by atoms with van der Waals surface area (Å²) in [6.07, 6.45) is 3.31. The molecule has 0 atom stereocenters. The van der Waals surface area contributed by atoms with Gasteiger partial charge in [-0.25, -0.2) is 0 Å². The molecule has 0 aliphatic heterocycles. The Kier molecular flexibility index (Phi) is 9.91. The van der Waals surface area contributed by atoms with E-state index >= 15 is 0 Å². The van der Waals surface area contributed by atoms with Gasteiger partial charge in [-0.15, -0.1) is 48.0 Å². The molecule has 6 aromatic carbocycles. The van der Waals surface area contributed by atoms with Crippen LogP contribution in [0.25, 0.3) is 88.6 Å². The Labute approximate surface area is 357 Å². The van der Waals surface area contributed by atoms with Crippen molar-refractivity contribution in [1.29, 1.82) is 0 Å². The molecule has 1 radical (unpaired) electrons. The van der Waals surface area contributed by atoms with Crippen molar-refractivity contribution in [2.45, 2.75) is 46.4 Å². The van der Waals surface area contributed by atoms with Gasteiger partial charge in [0.2, 0.25) is 0 Å². The van der Waals surface area contributed by atoms with Crippen LogP contribution < -0.4 is 0 Å². The van der Waals surface area contributed by atoms with E-state index < -0.39 is 6.85 Å². The van der Waals surface area contributed by atoms with Gasteiger partial charge in [-0.2, -0.15) is 0 Å². The molecule has 287 valence electrons. The monoisotopic (exact) mass is 934 g/mol. The number of aromatic nitrogens is 2. The summed E-state index contributed by atoms with van der Waals surface area (Å²) < 4.78 is 34.6. The Morgan fingerprint density at radius 2 is 1.33 bits per heavy atom. The summed E-state index contributed by atoms with van der Waals surface area (Å²) >= 11 is 0. The molecule has 10 rings (SSSR count). The molecule has 0 aliphatic carbocycles. The predicted octanol–water partition coefficient (Wildman–Crippen LogP) is 14.8. The van der Waals surface area contributed by atoms with Crippen LogP contribution in [0.1, 0.15) is 60.3 Å². The largest absolute Gasteiger partial charge is 0.501 e. The van der Waals surface area contributed by atoms with Gasteiger partial charge >= 0.3 is 0 Å². The van der Waals surface area contributed by atoms with Gasteiger partial charge in [0.15, 0.2) is 0 Å². The topological polar surface area (TPSA) is 52.1 Å². The molecule has 0 unspecified atom stereocenters. The van der Waals surface area contributed by atoms with Crippen LogP contribution in [0.2, 0.25) is 0 Å². The molecule has 0 N–H and O–H groups in total. The van der Waals surface area contributed by atoms with Gasteiger partial charge in [-0.3, -0.25) is 0 Å². The van der Waals surface area contributed by atoms with E-state index in [1.165, 1.54) is 28.5 Å². The average molecular weight is 934 g/mol. The standard InChI is InChI=1S/C29H26NO.C24H16NO.Ir/c1-18(2)21-10-7-11-22(19(3)4)28(21)20-15-16-30-26(17-20)25-13-8-12-24-23-9-5-6-14-27(23)31-29(24)25;1-16-9-14-21(25-15-16)18-12-10-17(11-13-18)19-6-4-8-23-24(19)20-5-2-3-7-22(20)26-23;/h5-12,14-19H,1-4H3;2-12,14-15H,1H3;/q2*-1;/i;1D3;. The Morgan fingerprint density at radius 1 is 0.603 bits per heavy atom. The maximum Gasteiger partial charge on any atom is 0.135 e. The third-order valence-corrected chi connectivity index (χ3v) is 10.6. The minimum atomic E-state index is -2.15. The summed E-state index contributed by atoms with van der Waals surface area (Å²) in [4.78, 5) is 9.01. The van der Waals surface area contributed by atoms with Gasteiger partial charge in [0.05, 0.1) is 5.58 Å². The Morgan fingerprint density at radius 3 is 2.03 bits per heavy atom. The van der Waals surface area contributed by atoms with Crippen LogP contribution in [0.3, 0.4) is 0 Å². The predicted molar refractivity (Wildman–Crippen MR) is 235 cm³/mol. The zero-order valence-corrected chi connectivity index (χ0v) is 35.0. The van der Waals surface area contributed by atoms with Gasteiger partial charge < -0.3 is 18.8 Å². The van der Waals surface area contributed by atoms with Crippen LogP contribution >= 0.6 is 0 Å². The molecule has 0 spiro atoms. The summed E-state index contributed by atoms with van der Waals surface area (Å²) in [5.74, 6) is 0.881. The molecule has 0 aliphatic rings. The minimum absolute atomic E-state index is 0. The number of pyridine rings is 2. The second-order valence-corrected chi connectivity index (χ2v) is 14.9. The molecule has 58 heavy (non-hydrogen) atoms. The van der Waals surface area contributed by atoms with Gasteiger partial charge in [0, 0.05) is 52.8 Å². The molecule has 0 bridgehead atoms. The van der Waals surface area contributed by atoms with Crippen molar-refractivity contribution in [3.8, 4) is 44.8 Å². The fourth-order valence-electron chi connectivity index (χ4n) is 7.81. The first-order chi connectivity index (χ1) is 29.0. The summed E-state index contributed by atoms with van der Waals surface area (Å²) in [5, 5.41) is 4.40. The number of aryl methyl sites for hydroxylation is 1. The number of rotatable bonds is 6. The maximum atomic E-state index is 7.46. The van der Waals surface area contributed by atoms with E-state index in [0.717, 1.165) is 71.8 Å². The van der Waals surface area contributed by atoms with Crippen LogP contribution in [-0.2, 0) is 20.1 Å². The summed E-state index contributed by atoms with van der Waals surface area (Å²) in [6.45, 7) is 6.88. The summed E-state index contributed by atoms with van der Waals surface area (Å²) in [5.41, 5.74) is 14.4. The summed E-state index contributed by atoms with van der Waals surface area (Å²) in [7, 11) is 0. The van der Waals surface area contributed by atoms with E-state index in [1.54, 1.807) is 12.1 Å². The third kappa shape index (κ3) is 7.28. The Balaban J connectivity index is 0.000000166. The number of benzene rings is 6. The van der Waals surface area contributed by atoms with Crippen molar-refractivity contribution < 1.29 is 33.1 Å². The van der Waals surface area contributed by atoms with Crippen LogP contribution in [0, 0.1) is 19.0 Å². The molecular weight excluding hydrogens is 889 g/mol. The fourth-order valence-corrected chi connectivity index (χ4v) is 7.81. The number of nitrogens with zero attached hydrogens (tertiary/aromatic N) is 2. The van der Waals surface area contributed by atoms with E-state index in [1.807, 2.05) is 79.0 Å². The van der Waals surface area contributed by atoms with Gasteiger partial charge in [0.1, 0.15) is 16.7 Å². The van der Waals surface area contributed by atoms with E-state index in [2.05, 4.69) is 99.4 Å². The van der Waals surface area contributed by atoms with Crippen molar-refractivity contribution in [3.63, 3.8) is 0 Å². The van der Waals surface area contributed by atoms with Crippen molar-refractivity contribution in [2.24, 2.45) is 0 Å². The van der Waals surface area contributed by atoms with E-state index in [4.69, 9.17) is 17.9 Å². The number of hydrogen-bond donors (Lipinski definition) is 0. The fraction of sp³-hybridized carbons (Fsp3) is 0.132. The van der Waals surface area contributed by atoms with E-state index in [0.29, 0.717) is 17.5 Å². The van der Waals surface area contributed by atoms with Gasteiger partial charge in [-0.05, 0) is 87.7 Å². The molecule has 5 heteroatoms. The second kappa shape index (κ2) is 16.4. The number of furan rings is 2. The van der Waals surface area contributed by atoms with Crippen molar-refractivity contribution in [3.05, 3.63) is 181 Å². The first-order valence-electron chi connectivity index (χ1n) is 20.9. The van der Waals surface area contributed by atoms with Crippen LogP contribution in [-0.4, -0.2) is 9.97 Å². The Bertz CT molecular complexity index is 3120. The molecule has 10 aromatic rings. The normalized spacial score (nSPS) is 12.3. The third-order valence-electron chi connectivity index (χ3n) is 10.6. The molecule has 4 heterocycles. The molecule has 0 saturated carbocycles. The van der Waals surface area contributed by atoms with Crippen LogP contribution in [0.5, 0.6) is 0 Å². The first kappa shape index (κ1) is 35.1. The molecule has 0 saturated heterocycles. The Hall–Kier alpha value is -6.13. The molecule has 0 fully saturated rings. The molecule has 4 nitrogen and oxygen atoms in total. The number of hydrogen-bond acceptors (Lipinski definition) is 4. The quantitative estimate of drug-likeness (QED) is 0.156. The minimum Gasteiger partial charge on any atom is -0.501 e. The van der Waals surface area contributed by atoms with E-state index in [9.17, 15) is 0 Å². The van der Waals surface area contributed by atoms with Crippen LogP contribution in [0.4, 0.5) is 0 Å². The van der Waals surface area contributed by atoms with Crippen molar-refractivity contribution >= 4 is 43.9 Å².